The van der Waals surface area contributed by atoms with Gasteiger partial charge in [0.25, 0.3) is 5.91 Å². The van der Waals surface area contributed by atoms with Gasteiger partial charge in [-0.2, -0.15) is 0 Å². The van der Waals surface area contributed by atoms with Crippen LogP contribution in [0.5, 0.6) is 0 Å². The van der Waals surface area contributed by atoms with Gasteiger partial charge < -0.3 is 10.2 Å². The van der Waals surface area contributed by atoms with Crippen molar-refractivity contribution in [2.24, 2.45) is 0 Å². The third-order valence-corrected chi connectivity index (χ3v) is 5.60. The number of hydrogen-bond acceptors (Lipinski definition) is 4. The highest BCUT2D eigenvalue weighted by atomic mass is 19.1. The maximum absolute atomic E-state index is 13.8. The van der Waals surface area contributed by atoms with Crippen molar-refractivity contribution in [3.8, 4) is 0 Å². The summed E-state index contributed by atoms with van der Waals surface area (Å²) in [4.78, 5) is 19.3. The number of pyridine rings is 1. The number of halogens is 1. The summed E-state index contributed by atoms with van der Waals surface area (Å²) in [6.45, 7) is 5.61. The molecule has 1 fully saturated rings. The number of carbonyl (C=O) groups excluding carboxylic acids is 1. The molecule has 162 valence electrons. The number of imidazole rings is 1. The van der Waals surface area contributed by atoms with E-state index in [-0.39, 0.29) is 17.7 Å². The van der Waals surface area contributed by atoms with E-state index in [4.69, 9.17) is 5.41 Å². The maximum Gasteiger partial charge on any atom is 0.253 e. The summed E-state index contributed by atoms with van der Waals surface area (Å²) in [6.07, 6.45) is 7.32. The zero-order valence-electron chi connectivity index (χ0n) is 18.0. The van der Waals surface area contributed by atoms with Crippen LogP contribution in [-0.2, 0) is 0 Å². The number of nitrogens with one attached hydrogen (secondary N) is 2. The van der Waals surface area contributed by atoms with Crippen LogP contribution in [0.15, 0.2) is 42.7 Å². The Bertz CT molecular complexity index is 1110. The smallest absolute Gasteiger partial charge is 0.253 e. The summed E-state index contributed by atoms with van der Waals surface area (Å²) in [5.74, 6) is -0.359. The van der Waals surface area contributed by atoms with Gasteiger partial charge in [0, 0.05) is 42.1 Å². The molecular weight excluding hydrogens is 393 g/mol. The average Bonchev–Trinajstić information content (AvgIpc) is 2.96. The molecule has 1 aliphatic heterocycles. The highest BCUT2D eigenvalue weighted by Gasteiger charge is 2.21. The van der Waals surface area contributed by atoms with Crippen molar-refractivity contribution >= 4 is 23.0 Å². The molecule has 1 aromatic carbocycles. The molecule has 1 saturated heterocycles. The van der Waals surface area contributed by atoms with Gasteiger partial charge in [-0.15, -0.1) is 0 Å². The Morgan fingerprint density at radius 2 is 1.87 bits per heavy atom. The molecule has 0 aliphatic carbocycles. The topological polar surface area (TPSA) is 73.5 Å². The summed E-state index contributed by atoms with van der Waals surface area (Å²) in [5.41, 5.74) is 3.26. The van der Waals surface area contributed by atoms with Crippen molar-refractivity contribution in [3.05, 3.63) is 65.4 Å². The first-order valence-corrected chi connectivity index (χ1v) is 10.9. The van der Waals surface area contributed by atoms with Crippen LogP contribution in [0, 0.1) is 11.2 Å². The first kappa shape index (κ1) is 21.0. The van der Waals surface area contributed by atoms with Crippen molar-refractivity contribution < 1.29 is 9.18 Å². The second-order valence-corrected chi connectivity index (χ2v) is 8.36. The number of anilines is 1. The van der Waals surface area contributed by atoms with Crippen LogP contribution in [0.25, 0.3) is 5.65 Å². The fraction of sp³-hybridized carbons (Fsp3) is 0.375. The number of amides is 1. The Morgan fingerprint density at radius 1 is 1.13 bits per heavy atom. The minimum Gasteiger partial charge on any atom is -0.382 e. The van der Waals surface area contributed by atoms with Crippen LogP contribution < -0.4 is 5.32 Å². The molecular formula is C24H28FN5O. The van der Waals surface area contributed by atoms with Crippen LogP contribution in [0.2, 0.25) is 0 Å². The predicted octanol–water partition coefficient (Wildman–Crippen LogP) is 4.73. The Balaban J connectivity index is 1.70. The first-order chi connectivity index (χ1) is 14.9. The van der Waals surface area contributed by atoms with Crippen LogP contribution >= 0.6 is 0 Å². The van der Waals surface area contributed by atoms with Crippen molar-refractivity contribution in [1.29, 1.82) is 5.41 Å². The minimum absolute atomic E-state index is 0.0312. The molecule has 3 aromatic rings. The van der Waals surface area contributed by atoms with E-state index in [2.05, 4.69) is 10.3 Å². The van der Waals surface area contributed by atoms with E-state index in [1.807, 2.05) is 24.8 Å². The van der Waals surface area contributed by atoms with Crippen LogP contribution in [0.4, 0.5) is 10.1 Å². The van der Waals surface area contributed by atoms with Gasteiger partial charge in [-0.25, -0.2) is 9.37 Å². The lowest BCUT2D eigenvalue weighted by Crippen LogP contribution is -2.32. The highest BCUT2D eigenvalue weighted by molar-refractivity contribution is 6.14. The number of aromatic nitrogens is 2. The van der Waals surface area contributed by atoms with E-state index in [1.165, 1.54) is 25.1 Å². The van der Waals surface area contributed by atoms with Gasteiger partial charge in [-0.3, -0.25) is 14.6 Å². The molecule has 7 heteroatoms. The molecule has 0 radical (unpaired) electrons. The quantitative estimate of drug-likeness (QED) is 0.585. The highest BCUT2D eigenvalue weighted by Crippen LogP contribution is 2.24. The molecule has 0 spiro atoms. The molecule has 3 heterocycles. The maximum atomic E-state index is 13.8. The van der Waals surface area contributed by atoms with Crippen molar-refractivity contribution in [1.82, 2.24) is 14.3 Å². The van der Waals surface area contributed by atoms with Crippen molar-refractivity contribution in [3.63, 3.8) is 0 Å². The lowest BCUT2D eigenvalue weighted by molar-refractivity contribution is 0.0761. The number of nitrogens with zero attached hydrogens (tertiary/aromatic N) is 3. The van der Waals surface area contributed by atoms with E-state index in [1.54, 1.807) is 28.8 Å². The number of likely N-dealkylation sites (tertiary alicyclic amines) is 1. The Morgan fingerprint density at radius 3 is 2.58 bits per heavy atom. The molecule has 1 aliphatic rings. The largest absolute Gasteiger partial charge is 0.382 e. The summed E-state index contributed by atoms with van der Waals surface area (Å²) in [6, 6.07) is 8.48. The zero-order valence-corrected chi connectivity index (χ0v) is 18.0. The van der Waals surface area contributed by atoms with Gasteiger partial charge in [-0.1, -0.05) is 12.8 Å². The van der Waals surface area contributed by atoms with Gasteiger partial charge in [0.2, 0.25) is 0 Å². The molecule has 0 saturated carbocycles. The van der Waals surface area contributed by atoms with Gasteiger partial charge in [0.1, 0.15) is 11.5 Å². The van der Waals surface area contributed by atoms with E-state index >= 15 is 0 Å². The fourth-order valence-corrected chi connectivity index (χ4v) is 4.06. The second kappa shape index (κ2) is 8.88. The number of hydrogen-bond donors (Lipinski definition) is 2. The molecule has 0 atom stereocenters. The molecule has 0 unspecified atom stereocenters. The summed E-state index contributed by atoms with van der Waals surface area (Å²) in [5, 5.41) is 12.2. The predicted molar refractivity (Wildman–Crippen MR) is 121 cm³/mol. The van der Waals surface area contributed by atoms with E-state index < -0.39 is 5.82 Å². The Kier molecular flexibility index (Phi) is 6.02. The molecule has 1 amide bonds. The molecule has 31 heavy (non-hydrogen) atoms. The van der Waals surface area contributed by atoms with Crippen LogP contribution in [0.1, 0.15) is 61.1 Å². The van der Waals surface area contributed by atoms with Gasteiger partial charge in [-0.05, 0) is 57.0 Å². The molecule has 2 aromatic heterocycles. The standard InChI is InChI=1S/C24H28FN5O/c1-16(2)28-20-13-17(24(31)29-11-5-3-4-6-12-29)7-9-19(20)23(26)21-14-27-22-10-8-18(25)15-30(21)22/h7-10,13-16,26,28H,3-6,11-12H2,1-2H3. The zero-order chi connectivity index (χ0) is 22.0. The minimum atomic E-state index is -0.390. The molecule has 2 N–H and O–H groups in total. The Hall–Kier alpha value is -3.22. The summed E-state index contributed by atoms with van der Waals surface area (Å²) < 4.78 is 15.4. The third kappa shape index (κ3) is 4.45. The lowest BCUT2D eigenvalue weighted by Gasteiger charge is -2.22. The Labute approximate surface area is 181 Å². The SMILES string of the molecule is CC(C)Nc1cc(C(=O)N2CCCCCC2)ccc1C(=N)c1cnc2ccc(F)cn12. The van der Waals surface area contributed by atoms with E-state index in [0.717, 1.165) is 25.9 Å². The third-order valence-electron chi connectivity index (χ3n) is 5.60. The summed E-state index contributed by atoms with van der Waals surface area (Å²) in [7, 11) is 0. The monoisotopic (exact) mass is 421 g/mol. The molecule has 0 bridgehead atoms. The average molecular weight is 422 g/mol. The van der Waals surface area contributed by atoms with Gasteiger partial charge in [0.15, 0.2) is 0 Å². The number of fused-ring (bicyclic) bond motifs is 1. The van der Waals surface area contributed by atoms with Crippen LogP contribution in [-0.4, -0.2) is 45.0 Å². The second-order valence-electron chi connectivity index (χ2n) is 8.36. The number of carbonyl (C=O) groups is 1. The van der Waals surface area contributed by atoms with E-state index in [9.17, 15) is 9.18 Å². The number of rotatable bonds is 5. The lowest BCUT2D eigenvalue weighted by atomic mass is 10.0. The molecule has 6 nitrogen and oxygen atoms in total. The first-order valence-electron chi connectivity index (χ1n) is 10.9. The molecule has 4 rings (SSSR count). The van der Waals surface area contributed by atoms with Crippen LogP contribution in [0.3, 0.4) is 0 Å². The van der Waals surface area contributed by atoms with Crippen molar-refractivity contribution in [2.75, 3.05) is 18.4 Å². The fourth-order valence-electron chi connectivity index (χ4n) is 4.06. The number of benzene rings is 1. The van der Waals surface area contributed by atoms with Gasteiger partial charge in [0.05, 0.1) is 17.6 Å². The van der Waals surface area contributed by atoms with Crippen molar-refractivity contribution in [2.45, 2.75) is 45.6 Å². The summed E-state index contributed by atoms with van der Waals surface area (Å²) >= 11 is 0. The van der Waals surface area contributed by atoms with Gasteiger partial charge >= 0.3 is 0 Å². The normalized spacial score (nSPS) is 14.6. The van der Waals surface area contributed by atoms with E-state index in [0.29, 0.717) is 28.2 Å².